The number of hydrogen-bond acceptors (Lipinski definition) is 15. The Bertz CT molecular complexity index is 1700. The van der Waals surface area contributed by atoms with Crippen molar-refractivity contribution in [3.63, 3.8) is 0 Å². The predicted octanol–water partition coefficient (Wildman–Crippen LogP) is 18.7. The molecule has 0 spiro atoms. The zero-order valence-electron chi connectivity index (χ0n) is 55.8. The Balaban J connectivity index is 5.21. The van der Waals surface area contributed by atoms with Crippen LogP contribution in [0, 0.1) is 17.8 Å². The van der Waals surface area contributed by atoms with E-state index in [2.05, 4.69) is 48.5 Å². The highest BCUT2D eigenvalue weighted by molar-refractivity contribution is 7.47. The fourth-order valence-corrected chi connectivity index (χ4v) is 11.6. The molecule has 0 aliphatic carbocycles. The molecular weight excluding hydrogens is 1140 g/mol. The first-order valence-corrected chi connectivity index (χ1v) is 37.9. The van der Waals surface area contributed by atoms with Gasteiger partial charge in [0.15, 0.2) is 12.2 Å². The molecule has 0 radical (unpaired) electrons. The van der Waals surface area contributed by atoms with E-state index >= 15 is 0 Å². The average molecular weight is 1270 g/mol. The fourth-order valence-electron chi connectivity index (χ4n) is 9.98. The van der Waals surface area contributed by atoms with Crippen LogP contribution in [0.3, 0.4) is 0 Å². The molecule has 0 saturated heterocycles. The Hall–Kier alpha value is -1.94. The molecule has 510 valence electrons. The highest BCUT2D eigenvalue weighted by Gasteiger charge is 2.30. The summed E-state index contributed by atoms with van der Waals surface area (Å²) in [7, 11) is -9.89. The van der Waals surface area contributed by atoms with E-state index in [4.69, 9.17) is 37.0 Å². The van der Waals surface area contributed by atoms with Gasteiger partial charge in [-0.25, -0.2) is 9.13 Å². The molecule has 0 heterocycles. The van der Waals surface area contributed by atoms with Gasteiger partial charge in [0.05, 0.1) is 26.4 Å². The summed E-state index contributed by atoms with van der Waals surface area (Å²) in [6.07, 6.45) is 40.5. The van der Waals surface area contributed by atoms with Crippen molar-refractivity contribution >= 4 is 39.5 Å². The molecule has 86 heavy (non-hydrogen) atoms. The number of ether oxygens (including phenoxy) is 4. The third-order valence-electron chi connectivity index (χ3n) is 15.7. The Labute approximate surface area is 524 Å². The summed E-state index contributed by atoms with van der Waals surface area (Å²) in [5.74, 6) is 0.131. The zero-order chi connectivity index (χ0) is 63.8. The largest absolute Gasteiger partial charge is 0.472 e. The standard InChI is InChI=1S/C67H130O17P2/c1-8-10-11-12-24-34-41-48-64(69)77-54-62(84-67(72)51-44-37-30-23-26-32-39-46-59(5)6)56-81-85(73,74)79-52-61(68)53-80-86(75,76)82-57-63(55-78-65(70)49-42-35-28-22-21-27-33-40-47-60(7)9-2)83-66(71)50-43-36-29-20-18-16-14-13-15-17-19-25-31-38-45-58(3)4/h58-63,68H,8-57H2,1-7H3,(H,73,74)(H,75,76)/t60?,61-,62+,63+/m0/s1. The molecule has 0 amide bonds. The van der Waals surface area contributed by atoms with E-state index in [-0.39, 0.29) is 25.7 Å². The maximum absolute atomic E-state index is 13.0. The van der Waals surface area contributed by atoms with Gasteiger partial charge in [-0.15, -0.1) is 0 Å². The molecule has 19 heteroatoms. The number of unbranched alkanes of at least 4 members (excludes halogenated alkanes) is 32. The van der Waals surface area contributed by atoms with Crippen molar-refractivity contribution in [1.29, 1.82) is 0 Å². The van der Waals surface area contributed by atoms with Crippen LogP contribution in [0.5, 0.6) is 0 Å². The molecule has 0 aliphatic rings. The van der Waals surface area contributed by atoms with E-state index in [0.717, 1.165) is 115 Å². The van der Waals surface area contributed by atoms with Crippen molar-refractivity contribution in [1.82, 2.24) is 0 Å². The number of aliphatic hydroxyl groups excluding tert-OH is 1. The van der Waals surface area contributed by atoms with E-state index < -0.39 is 97.5 Å². The van der Waals surface area contributed by atoms with Crippen molar-refractivity contribution in [3.05, 3.63) is 0 Å². The minimum Gasteiger partial charge on any atom is -0.462 e. The van der Waals surface area contributed by atoms with Gasteiger partial charge in [-0.1, -0.05) is 280 Å². The Morgan fingerprint density at radius 3 is 0.884 bits per heavy atom. The van der Waals surface area contributed by atoms with Gasteiger partial charge in [-0.05, 0) is 43.4 Å². The highest BCUT2D eigenvalue weighted by atomic mass is 31.2. The van der Waals surface area contributed by atoms with Crippen molar-refractivity contribution in [2.75, 3.05) is 39.6 Å². The normalized spacial score (nSPS) is 14.6. The summed E-state index contributed by atoms with van der Waals surface area (Å²) < 4.78 is 68.0. The summed E-state index contributed by atoms with van der Waals surface area (Å²) in [5, 5.41) is 10.5. The second-order valence-corrected chi connectivity index (χ2v) is 28.3. The Morgan fingerprint density at radius 2 is 0.593 bits per heavy atom. The van der Waals surface area contributed by atoms with Gasteiger partial charge >= 0.3 is 39.5 Å². The molecule has 3 N–H and O–H groups in total. The first-order chi connectivity index (χ1) is 41.3. The second-order valence-electron chi connectivity index (χ2n) is 25.4. The molecule has 0 saturated carbocycles. The third-order valence-corrected chi connectivity index (χ3v) is 17.6. The number of hydrogen-bond donors (Lipinski definition) is 3. The van der Waals surface area contributed by atoms with Crippen LogP contribution in [-0.2, 0) is 65.4 Å². The van der Waals surface area contributed by atoms with E-state index in [1.54, 1.807) is 0 Å². The summed E-state index contributed by atoms with van der Waals surface area (Å²) in [6.45, 7) is 11.7. The Morgan fingerprint density at radius 1 is 0.337 bits per heavy atom. The van der Waals surface area contributed by atoms with Gasteiger partial charge in [0.25, 0.3) is 0 Å². The molecule has 0 fully saturated rings. The Kier molecular flexibility index (Phi) is 56.9. The van der Waals surface area contributed by atoms with E-state index in [1.807, 2.05) is 0 Å². The van der Waals surface area contributed by atoms with Gasteiger partial charge in [0.2, 0.25) is 0 Å². The molecule has 0 bridgehead atoms. The van der Waals surface area contributed by atoms with Crippen molar-refractivity contribution in [3.8, 4) is 0 Å². The van der Waals surface area contributed by atoms with Gasteiger partial charge < -0.3 is 33.8 Å². The number of rotatable bonds is 65. The first-order valence-electron chi connectivity index (χ1n) is 34.9. The van der Waals surface area contributed by atoms with Crippen LogP contribution >= 0.6 is 15.6 Å². The van der Waals surface area contributed by atoms with Crippen LogP contribution in [0.4, 0.5) is 0 Å². The lowest BCUT2D eigenvalue weighted by atomic mass is 9.99. The van der Waals surface area contributed by atoms with Crippen LogP contribution in [-0.4, -0.2) is 96.7 Å². The molecule has 0 aromatic heterocycles. The molecule has 0 aliphatic heterocycles. The zero-order valence-corrected chi connectivity index (χ0v) is 57.6. The minimum atomic E-state index is -4.95. The third kappa shape index (κ3) is 59.7. The topological polar surface area (TPSA) is 237 Å². The molecule has 0 rings (SSSR count). The SMILES string of the molecule is CCCCCCCCCC(=O)OC[C@H](COP(=O)(O)OC[C@H](O)COP(=O)(O)OC[C@@H](COC(=O)CCCCCCCCCCC(C)CC)OC(=O)CCCCCCCCCCCCCCCCC(C)C)OC(=O)CCCCCCCCCC(C)C. The molecule has 3 unspecified atom stereocenters. The number of carbonyl (C=O) groups is 4. The predicted molar refractivity (Wildman–Crippen MR) is 344 cm³/mol. The molecule has 0 aromatic rings. The van der Waals surface area contributed by atoms with Crippen molar-refractivity contribution in [2.24, 2.45) is 17.8 Å². The number of esters is 4. The smallest absolute Gasteiger partial charge is 0.462 e. The van der Waals surface area contributed by atoms with Gasteiger partial charge in [-0.2, -0.15) is 0 Å². The second kappa shape index (κ2) is 58.2. The number of phosphoric acid groups is 2. The quantitative estimate of drug-likeness (QED) is 0.0222. The summed E-state index contributed by atoms with van der Waals surface area (Å²) in [5.41, 5.74) is 0. The van der Waals surface area contributed by atoms with Gasteiger partial charge in [0, 0.05) is 25.7 Å². The maximum atomic E-state index is 13.0. The minimum absolute atomic E-state index is 0.103. The van der Waals surface area contributed by atoms with E-state index in [1.165, 1.54) is 128 Å². The molecule has 0 aromatic carbocycles. The van der Waals surface area contributed by atoms with E-state index in [0.29, 0.717) is 31.6 Å². The lowest BCUT2D eigenvalue weighted by Gasteiger charge is -2.21. The monoisotopic (exact) mass is 1270 g/mol. The lowest BCUT2D eigenvalue weighted by molar-refractivity contribution is -0.161. The summed E-state index contributed by atoms with van der Waals surface area (Å²) in [6, 6.07) is 0. The first kappa shape index (κ1) is 84.1. The highest BCUT2D eigenvalue weighted by Crippen LogP contribution is 2.45. The number of carbonyl (C=O) groups excluding carboxylic acids is 4. The van der Waals surface area contributed by atoms with Crippen LogP contribution in [0.15, 0.2) is 0 Å². The van der Waals surface area contributed by atoms with Crippen molar-refractivity contribution < 1.29 is 80.2 Å². The molecule has 6 atom stereocenters. The van der Waals surface area contributed by atoms with Crippen LogP contribution in [0.25, 0.3) is 0 Å². The van der Waals surface area contributed by atoms with Crippen molar-refractivity contribution in [2.45, 2.75) is 349 Å². The van der Waals surface area contributed by atoms with Crippen LogP contribution < -0.4 is 0 Å². The number of phosphoric ester groups is 2. The number of aliphatic hydroxyl groups is 1. The summed E-state index contributed by atoms with van der Waals surface area (Å²) in [4.78, 5) is 72.2. The average Bonchev–Trinajstić information content (AvgIpc) is 3.67. The summed E-state index contributed by atoms with van der Waals surface area (Å²) >= 11 is 0. The van der Waals surface area contributed by atoms with Crippen LogP contribution in [0.1, 0.15) is 331 Å². The molecule has 17 nitrogen and oxygen atoms in total. The maximum Gasteiger partial charge on any atom is 0.472 e. The van der Waals surface area contributed by atoms with Crippen LogP contribution in [0.2, 0.25) is 0 Å². The fraction of sp³-hybridized carbons (Fsp3) is 0.940. The van der Waals surface area contributed by atoms with E-state index in [9.17, 15) is 43.2 Å². The molecular formula is C67H130O17P2. The van der Waals surface area contributed by atoms with Gasteiger partial charge in [-0.3, -0.25) is 37.3 Å². The lowest BCUT2D eigenvalue weighted by Crippen LogP contribution is -2.30. The van der Waals surface area contributed by atoms with Gasteiger partial charge in [0.1, 0.15) is 19.3 Å².